The number of hydrogen-bond donors (Lipinski definition) is 1. The number of rotatable bonds is 6. The number of aliphatic carboxylic acids is 1. The molecule has 1 N–H and O–H groups in total. The molecule has 0 aliphatic carbocycles. The summed E-state index contributed by atoms with van der Waals surface area (Å²) < 4.78 is 6.10. The molecule has 0 atom stereocenters. The highest BCUT2D eigenvalue weighted by Crippen LogP contribution is 2.34. The Balaban J connectivity index is 2.17. The topological polar surface area (TPSA) is 66.8 Å². The number of likely N-dealkylation sites (N-methyl/N-ethyl adjacent to an activating group) is 1. The first-order chi connectivity index (χ1) is 10.9. The largest absolute Gasteiger partial charge is 0.493 e. The fraction of sp³-hybridized carbons (Fsp3) is 0.267. The number of hydrogen-bond acceptors (Lipinski definition) is 5. The zero-order valence-corrected chi connectivity index (χ0v) is 14.6. The fourth-order valence-electron chi connectivity index (χ4n) is 1.86. The van der Waals surface area contributed by atoms with Crippen molar-refractivity contribution in [1.29, 1.82) is 0 Å². The first-order valence-corrected chi connectivity index (χ1v) is 8.34. The highest BCUT2D eigenvalue weighted by atomic mass is 35.5. The number of benzene rings is 1. The van der Waals surface area contributed by atoms with E-state index < -0.39 is 5.97 Å². The van der Waals surface area contributed by atoms with Gasteiger partial charge in [-0.25, -0.2) is 0 Å². The van der Waals surface area contributed by atoms with Gasteiger partial charge in [-0.3, -0.25) is 14.5 Å². The monoisotopic (exact) mass is 371 g/mol. The third-order valence-corrected chi connectivity index (χ3v) is 4.76. The Labute approximate surface area is 148 Å². The summed E-state index contributed by atoms with van der Waals surface area (Å²) in [6, 6.07) is 5.06. The van der Waals surface area contributed by atoms with E-state index in [2.05, 4.69) is 0 Å². The van der Waals surface area contributed by atoms with Crippen LogP contribution < -0.4 is 4.74 Å². The number of carboxylic acids is 1. The minimum Gasteiger partial charge on any atom is -0.493 e. The second-order valence-electron chi connectivity index (χ2n) is 4.77. The average molecular weight is 372 g/mol. The molecule has 8 heteroatoms. The lowest BCUT2D eigenvalue weighted by molar-refractivity contribution is -0.137. The number of thioether (sulfide) groups is 1. The Kier molecular flexibility index (Phi) is 6.04. The van der Waals surface area contributed by atoms with Crippen LogP contribution >= 0.6 is 35.6 Å². The fourth-order valence-corrected chi connectivity index (χ4v) is 3.21. The summed E-state index contributed by atoms with van der Waals surface area (Å²) in [5.74, 6) is -0.491. The molecule has 0 bridgehead atoms. The van der Waals surface area contributed by atoms with Crippen molar-refractivity contribution in [1.82, 2.24) is 4.90 Å². The van der Waals surface area contributed by atoms with E-state index in [0.717, 1.165) is 0 Å². The molecule has 1 aliphatic rings. The molecule has 1 heterocycles. The van der Waals surface area contributed by atoms with Gasteiger partial charge in [-0.05, 0) is 30.7 Å². The van der Waals surface area contributed by atoms with Gasteiger partial charge in [0.15, 0.2) is 0 Å². The van der Waals surface area contributed by atoms with Crippen LogP contribution in [0.25, 0.3) is 6.08 Å². The number of ether oxygens (including phenoxy) is 1. The molecular weight excluding hydrogens is 358 g/mol. The van der Waals surface area contributed by atoms with Crippen molar-refractivity contribution < 1.29 is 19.4 Å². The van der Waals surface area contributed by atoms with E-state index in [-0.39, 0.29) is 18.9 Å². The van der Waals surface area contributed by atoms with Crippen LogP contribution in [0.3, 0.4) is 0 Å². The summed E-state index contributed by atoms with van der Waals surface area (Å²) in [6.07, 6.45) is 2.12. The van der Waals surface area contributed by atoms with Gasteiger partial charge >= 0.3 is 5.97 Å². The minimum atomic E-state index is -0.864. The number of halogens is 1. The molecule has 0 aromatic heterocycles. The Morgan fingerprint density at radius 1 is 1.52 bits per heavy atom. The smallest absolute Gasteiger partial charge is 0.303 e. The summed E-state index contributed by atoms with van der Waals surface area (Å²) >= 11 is 12.3. The molecule has 122 valence electrons. The van der Waals surface area contributed by atoms with Crippen LogP contribution in [0.4, 0.5) is 0 Å². The Morgan fingerprint density at radius 2 is 2.26 bits per heavy atom. The third-order valence-electron chi connectivity index (χ3n) is 3.04. The van der Waals surface area contributed by atoms with Crippen LogP contribution in [0.2, 0.25) is 5.02 Å². The van der Waals surface area contributed by atoms with Gasteiger partial charge in [0.2, 0.25) is 0 Å². The lowest BCUT2D eigenvalue weighted by Crippen LogP contribution is -2.22. The maximum Gasteiger partial charge on any atom is 0.303 e. The normalized spacial score (nSPS) is 16.3. The van der Waals surface area contributed by atoms with Crippen LogP contribution in [-0.4, -0.2) is 39.9 Å². The molecule has 1 saturated heterocycles. The van der Waals surface area contributed by atoms with Gasteiger partial charge in [-0.2, -0.15) is 0 Å². The summed E-state index contributed by atoms with van der Waals surface area (Å²) in [5.41, 5.74) is 0.654. The highest BCUT2D eigenvalue weighted by Gasteiger charge is 2.28. The number of nitrogens with zero attached hydrogens (tertiary/aromatic N) is 1. The summed E-state index contributed by atoms with van der Waals surface area (Å²) in [4.78, 5) is 24.5. The Hall–Kier alpha value is -1.57. The number of carbonyl (C=O) groups is 2. The predicted molar refractivity (Wildman–Crippen MR) is 94.8 cm³/mol. The third kappa shape index (κ3) is 4.70. The van der Waals surface area contributed by atoms with E-state index in [1.165, 1.54) is 16.7 Å². The quantitative estimate of drug-likeness (QED) is 0.469. The Morgan fingerprint density at radius 3 is 2.87 bits per heavy atom. The average Bonchev–Trinajstić information content (AvgIpc) is 2.72. The van der Waals surface area contributed by atoms with Gasteiger partial charge in [0, 0.05) is 24.1 Å². The van der Waals surface area contributed by atoms with Crippen molar-refractivity contribution in [2.45, 2.75) is 12.8 Å². The summed E-state index contributed by atoms with van der Waals surface area (Å²) in [7, 11) is 1.62. The SMILES string of the molecule is CN1C(=O)C(=Cc2cc(Cl)ccc2OCCCC(=O)O)SC1=S. The van der Waals surface area contributed by atoms with Crippen molar-refractivity contribution in [2.24, 2.45) is 0 Å². The van der Waals surface area contributed by atoms with Crippen LogP contribution in [-0.2, 0) is 9.59 Å². The molecule has 0 unspecified atom stereocenters. The molecule has 1 aromatic carbocycles. The molecule has 23 heavy (non-hydrogen) atoms. The van der Waals surface area contributed by atoms with Gasteiger partial charge in [0.05, 0.1) is 11.5 Å². The van der Waals surface area contributed by atoms with Crippen molar-refractivity contribution >= 4 is 57.9 Å². The van der Waals surface area contributed by atoms with Crippen LogP contribution in [0.15, 0.2) is 23.1 Å². The lowest BCUT2D eigenvalue weighted by atomic mass is 10.2. The Bertz CT molecular complexity index is 690. The molecule has 2 rings (SSSR count). The molecule has 0 spiro atoms. The molecule has 1 aliphatic heterocycles. The van der Waals surface area contributed by atoms with Gasteiger partial charge in [0.1, 0.15) is 10.1 Å². The van der Waals surface area contributed by atoms with Crippen LogP contribution in [0.1, 0.15) is 18.4 Å². The molecule has 5 nitrogen and oxygen atoms in total. The van der Waals surface area contributed by atoms with E-state index in [9.17, 15) is 9.59 Å². The molecule has 0 radical (unpaired) electrons. The highest BCUT2D eigenvalue weighted by molar-refractivity contribution is 8.26. The first kappa shape index (κ1) is 17.8. The van der Waals surface area contributed by atoms with E-state index in [0.29, 0.717) is 32.0 Å². The van der Waals surface area contributed by atoms with Crippen molar-refractivity contribution in [3.63, 3.8) is 0 Å². The van der Waals surface area contributed by atoms with E-state index in [1.807, 2.05) is 0 Å². The van der Waals surface area contributed by atoms with E-state index >= 15 is 0 Å². The van der Waals surface area contributed by atoms with Gasteiger partial charge < -0.3 is 9.84 Å². The molecule has 1 amide bonds. The number of thiocarbonyl (C=S) groups is 1. The standard InChI is InChI=1S/C15H14ClNO4S2/c1-17-14(20)12(23-15(17)22)8-9-7-10(16)4-5-11(9)21-6-2-3-13(18)19/h4-5,7-8H,2-3,6H2,1H3,(H,18,19). The minimum absolute atomic E-state index is 0.0391. The van der Waals surface area contributed by atoms with Crippen molar-refractivity contribution in [2.75, 3.05) is 13.7 Å². The summed E-state index contributed by atoms with van der Waals surface area (Å²) in [6.45, 7) is 0.267. The first-order valence-electron chi connectivity index (χ1n) is 6.74. The maximum absolute atomic E-state index is 12.1. The number of carbonyl (C=O) groups excluding carboxylic acids is 1. The second kappa shape index (κ2) is 7.81. The lowest BCUT2D eigenvalue weighted by Gasteiger charge is -2.09. The number of carboxylic acid groups (broad SMARTS) is 1. The van der Waals surface area contributed by atoms with Crippen molar-refractivity contribution in [3.8, 4) is 5.75 Å². The zero-order valence-electron chi connectivity index (χ0n) is 12.2. The number of amides is 1. The molecule has 1 aromatic rings. The maximum atomic E-state index is 12.1. The molecule has 0 saturated carbocycles. The molecular formula is C15H14ClNO4S2. The van der Waals surface area contributed by atoms with Crippen LogP contribution in [0.5, 0.6) is 5.75 Å². The van der Waals surface area contributed by atoms with Crippen LogP contribution in [0, 0.1) is 0 Å². The van der Waals surface area contributed by atoms with Gasteiger partial charge in [0.25, 0.3) is 5.91 Å². The zero-order chi connectivity index (χ0) is 17.0. The van der Waals surface area contributed by atoms with E-state index in [4.69, 9.17) is 33.7 Å². The van der Waals surface area contributed by atoms with E-state index in [1.54, 1.807) is 31.3 Å². The molecule has 1 fully saturated rings. The summed E-state index contributed by atoms with van der Waals surface area (Å²) in [5, 5.41) is 9.15. The predicted octanol–water partition coefficient (Wildman–Crippen LogP) is 3.41. The van der Waals surface area contributed by atoms with Crippen molar-refractivity contribution in [3.05, 3.63) is 33.7 Å². The van der Waals surface area contributed by atoms with Gasteiger partial charge in [-0.1, -0.05) is 35.6 Å². The second-order valence-corrected chi connectivity index (χ2v) is 6.88. The van der Waals surface area contributed by atoms with Gasteiger partial charge in [-0.15, -0.1) is 0 Å².